The smallest absolute Gasteiger partial charge is 0.322 e. The lowest BCUT2D eigenvalue weighted by molar-refractivity contribution is -0.143. The van der Waals surface area contributed by atoms with Gasteiger partial charge < -0.3 is 9.84 Å². The molecule has 0 bridgehead atoms. The summed E-state index contributed by atoms with van der Waals surface area (Å²) in [5.74, 6) is -1.95. The van der Waals surface area contributed by atoms with Gasteiger partial charge in [0.1, 0.15) is 6.04 Å². The molecule has 116 valence electrons. The molecule has 1 saturated heterocycles. The van der Waals surface area contributed by atoms with Gasteiger partial charge in [0.25, 0.3) is 0 Å². The van der Waals surface area contributed by atoms with Crippen molar-refractivity contribution < 1.29 is 27.9 Å². The van der Waals surface area contributed by atoms with Crippen LogP contribution in [0, 0.1) is 5.92 Å². The summed E-state index contributed by atoms with van der Waals surface area (Å²) < 4.78 is 29.8. The summed E-state index contributed by atoms with van der Waals surface area (Å²) >= 11 is 0. The molecule has 20 heavy (non-hydrogen) atoms. The van der Waals surface area contributed by atoms with E-state index in [1.54, 1.807) is 0 Å². The first-order chi connectivity index (χ1) is 9.31. The number of carbonyl (C=O) groups is 2. The fraction of sp³-hybridized carbons (Fsp3) is 0.833. The van der Waals surface area contributed by atoms with E-state index in [1.807, 2.05) is 6.92 Å². The Labute approximate surface area is 118 Å². The minimum atomic E-state index is -3.76. The zero-order valence-electron chi connectivity index (χ0n) is 11.7. The molecule has 1 rings (SSSR count). The number of ether oxygens (including phenoxy) is 1. The number of hydrogen-bond acceptors (Lipinski definition) is 5. The molecule has 0 spiro atoms. The maximum absolute atomic E-state index is 12.2. The van der Waals surface area contributed by atoms with Crippen molar-refractivity contribution >= 4 is 22.0 Å². The van der Waals surface area contributed by atoms with Crippen molar-refractivity contribution in [3.05, 3.63) is 0 Å². The van der Waals surface area contributed by atoms with E-state index < -0.39 is 33.8 Å². The quantitative estimate of drug-likeness (QED) is 0.715. The number of carboxylic acids is 1. The molecule has 7 nitrogen and oxygen atoms in total. The minimum absolute atomic E-state index is 0.193. The van der Waals surface area contributed by atoms with Crippen molar-refractivity contribution in [3.63, 3.8) is 0 Å². The van der Waals surface area contributed by atoms with Gasteiger partial charge in [-0.05, 0) is 18.8 Å². The average Bonchev–Trinajstić information content (AvgIpc) is 2.43. The number of aliphatic carboxylic acids is 1. The zero-order valence-corrected chi connectivity index (χ0v) is 12.6. The Hall–Kier alpha value is -1.15. The molecule has 0 amide bonds. The highest BCUT2D eigenvalue weighted by Crippen LogP contribution is 2.28. The summed E-state index contributed by atoms with van der Waals surface area (Å²) in [5.41, 5.74) is 0. The fourth-order valence-electron chi connectivity index (χ4n) is 2.38. The van der Waals surface area contributed by atoms with Gasteiger partial charge in [-0.2, -0.15) is 4.31 Å². The molecule has 2 unspecified atom stereocenters. The summed E-state index contributed by atoms with van der Waals surface area (Å²) in [4.78, 5) is 22.3. The normalized spacial score (nSPS) is 24.3. The van der Waals surface area contributed by atoms with Crippen LogP contribution < -0.4 is 0 Å². The second kappa shape index (κ2) is 7.03. The van der Waals surface area contributed by atoms with Crippen LogP contribution in [0.3, 0.4) is 0 Å². The van der Waals surface area contributed by atoms with Gasteiger partial charge in [-0.15, -0.1) is 0 Å². The second-order valence-electron chi connectivity index (χ2n) is 4.91. The first-order valence-electron chi connectivity index (χ1n) is 6.61. The predicted molar refractivity (Wildman–Crippen MR) is 71.6 cm³/mol. The van der Waals surface area contributed by atoms with Gasteiger partial charge in [0, 0.05) is 6.54 Å². The molecule has 1 fully saturated rings. The first kappa shape index (κ1) is 16.9. The molecule has 0 saturated carbocycles. The van der Waals surface area contributed by atoms with Crippen molar-refractivity contribution in [2.24, 2.45) is 5.92 Å². The maximum Gasteiger partial charge on any atom is 0.322 e. The van der Waals surface area contributed by atoms with Crippen LogP contribution in [-0.4, -0.2) is 55.2 Å². The van der Waals surface area contributed by atoms with Crippen LogP contribution in [0.1, 0.15) is 32.6 Å². The molecule has 0 aromatic heterocycles. The molecule has 0 aromatic carbocycles. The zero-order chi connectivity index (χ0) is 15.3. The van der Waals surface area contributed by atoms with E-state index >= 15 is 0 Å². The van der Waals surface area contributed by atoms with Gasteiger partial charge in [-0.25, -0.2) is 8.42 Å². The van der Waals surface area contributed by atoms with Crippen LogP contribution >= 0.6 is 0 Å². The third-order valence-electron chi connectivity index (χ3n) is 3.67. The highest BCUT2D eigenvalue weighted by molar-refractivity contribution is 7.89. The topological polar surface area (TPSA) is 101 Å². The predicted octanol–water partition coefficient (Wildman–Crippen LogP) is 0.454. The Morgan fingerprint density at radius 1 is 1.40 bits per heavy atom. The molecule has 2 atom stereocenters. The van der Waals surface area contributed by atoms with E-state index in [0.717, 1.165) is 10.7 Å². The van der Waals surface area contributed by atoms with Gasteiger partial charge in [0.05, 0.1) is 19.3 Å². The lowest BCUT2D eigenvalue weighted by atomic mass is 9.90. The van der Waals surface area contributed by atoms with Gasteiger partial charge in [0.2, 0.25) is 10.0 Å². The summed E-state index contributed by atoms with van der Waals surface area (Å²) in [6, 6.07) is -1.03. The number of carboxylic acid groups (broad SMARTS) is 1. The molecule has 0 aromatic rings. The Kier molecular flexibility index (Phi) is 5.94. The number of nitrogens with zero attached hydrogens (tertiary/aromatic N) is 1. The first-order valence-corrected chi connectivity index (χ1v) is 8.21. The summed E-state index contributed by atoms with van der Waals surface area (Å²) in [5, 5.41) is 9.21. The highest BCUT2D eigenvalue weighted by Gasteiger charge is 2.39. The number of hydrogen-bond donors (Lipinski definition) is 1. The number of piperidine rings is 1. The number of carbonyl (C=O) groups excluding carboxylic acids is 1. The van der Waals surface area contributed by atoms with Crippen LogP contribution in [0.25, 0.3) is 0 Å². The van der Waals surface area contributed by atoms with Crippen molar-refractivity contribution in [1.82, 2.24) is 4.31 Å². The number of methoxy groups -OCH3 is 1. The Balaban J connectivity index is 2.81. The number of esters is 1. The molecule has 8 heteroatoms. The lowest BCUT2D eigenvalue weighted by Gasteiger charge is -2.35. The van der Waals surface area contributed by atoms with Crippen LogP contribution in [0.4, 0.5) is 0 Å². The third kappa shape index (κ3) is 4.17. The fourth-order valence-corrected chi connectivity index (χ4v) is 3.98. The van der Waals surface area contributed by atoms with Gasteiger partial charge in [-0.1, -0.05) is 13.3 Å². The largest absolute Gasteiger partial charge is 0.480 e. The van der Waals surface area contributed by atoms with Gasteiger partial charge >= 0.3 is 11.9 Å². The number of sulfonamides is 1. The van der Waals surface area contributed by atoms with Crippen LogP contribution in [0.15, 0.2) is 0 Å². The van der Waals surface area contributed by atoms with E-state index in [9.17, 15) is 23.1 Å². The van der Waals surface area contributed by atoms with Gasteiger partial charge in [-0.3, -0.25) is 9.59 Å². The van der Waals surface area contributed by atoms with E-state index in [4.69, 9.17) is 0 Å². The SMILES string of the molecule is CCC1CCN(S(=O)(=O)CCC(=O)OC)C(C(=O)O)C1. The Bertz CT molecular complexity index is 461. The average molecular weight is 307 g/mol. The molecular weight excluding hydrogens is 286 g/mol. The molecular formula is C12H21NO6S. The number of rotatable bonds is 6. The summed E-state index contributed by atoms with van der Waals surface area (Å²) in [6.45, 7) is 2.16. The third-order valence-corrected chi connectivity index (χ3v) is 5.55. The van der Waals surface area contributed by atoms with Gasteiger partial charge in [0.15, 0.2) is 0 Å². The van der Waals surface area contributed by atoms with Crippen LogP contribution in [0.2, 0.25) is 0 Å². The van der Waals surface area contributed by atoms with Crippen molar-refractivity contribution in [1.29, 1.82) is 0 Å². The molecule has 1 heterocycles. The monoisotopic (exact) mass is 307 g/mol. The van der Waals surface area contributed by atoms with Crippen LogP contribution in [-0.2, 0) is 24.3 Å². The molecule has 0 radical (unpaired) electrons. The standard InChI is InChI=1S/C12H21NO6S/c1-3-9-4-6-13(10(8-9)12(15)16)20(17,18)7-5-11(14)19-2/h9-10H,3-8H2,1-2H3,(H,15,16). The van der Waals surface area contributed by atoms with Crippen LogP contribution in [0.5, 0.6) is 0 Å². The van der Waals surface area contributed by atoms with Crippen molar-refractivity contribution in [3.8, 4) is 0 Å². The van der Waals surface area contributed by atoms with E-state index in [1.165, 1.54) is 7.11 Å². The lowest BCUT2D eigenvalue weighted by Crippen LogP contribution is -2.50. The molecule has 0 aliphatic carbocycles. The molecule has 1 aliphatic rings. The summed E-state index contributed by atoms with van der Waals surface area (Å²) in [7, 11) is -2.58. The Morgan fingerprint density at radius 2 is 2.05 bits per heavy atom. The molecule has 1 N–H and O–H groups in total. The highest BCUT2D eigenvalue weighted by atomic mass is 32.2. The van der Waals surface area contributed by atoms with E-state index in [2.05, 4.69) is 4.74 Å². The molecule has 1 aliphatic heterocycles. The summed E-state index contributed by atoms with van der Waals surface area (Å²) in [6.07, 6.45) is 1.54. The van der Waals surface area contributed by atoms with E-state index in [-0.39, 0.29) is 18.9 Å². The Morgan fingerprint density at radius 3 is 2.55 bits per heavy atom. The van der Waals surface area contributed by atoms with Crippen molar-refractivity contribution in [2.75, 3.05) is 19.4 Å². The minimum Gasteiger partial charge on any atom is -0.480 e. The van der Waals surface area contributed by atoms with Crippen molar-refractivity contribution in [2.45, 2.75) is 38.6 Å². The second-order valence-corrected chi connectivity index (χ2v) is 6.95. The maximum atomic E-state index is 12.2. The van der Waals surface area contributed by atoms with E-state index in [0.29, 0.717) is 12.8 Å².